The molecule has 0 fully saturated rings. The van der Waals surface area contributed by atoms with Gasteiger partial charge in [-0.3, -0.25) is 4.79 Å². The predicted molar refractivity (Wildman–Crippen MR) is 120 cm³/mol. The average molecular weight is 414 g/mol. The number of ether oxygens (including phenoxy) is 1. The number of benzene rings is 1. The lowest BCUT2D eigenvalue weighted by molar-refractivity contribution is -0.116. The van der Waals surface area contributed by atoms with Gasteiger partial charge in [0.25, 0.3) is 0 Å². The fourth-order valence-electron chi connectivity index (χ4n) is 3.38. The molecule has 164 valence electrons. The van der Waals surface area contributed by atoms with Crippen LogP contribution in [0.5, 0.6) is 0 Å². The number of hydrogen-bond donors (Lipinski definition) is 1. The van der Waals surface area contributed by atoms with Crippen molar-refractivity contribution in [3.05, 3.63) is 42.1 Å². The van der Waals surface area contributed by atoms with Crippen LogP contribution in [0, 0.1) is 0 Å². The van der Waals surface area contributed by atoms with Crippen LogP contribution in [0.1, 0.15) is 88.4 Å². The topological polar surface area (TPSA) is 73.2 Å². The fourth-order valence-corrected chi connectivity index (χ4v) is 3.38. The fraction of sp³-hybridized carbons (Fsp3) is 0.542. The number of rotatable bonds is 14. The lowest BCUT2D eigenvalue weighted by Gasteiger charge is -2.11. The Hall–Kier alpha value is -2.63. The predicted octanol–water partition coefficient (Wildman–Crippen LogP) is 5.91. The molecule has 1 aromatic heterocycles. The van der Waals surface area contributed by atoms with E-state index in [-0.39, 0.29) is 18.1 Å². The Morgan fingerprint density at radius 2 is 1.57 bits per heavy atom. The van der Waals surface area contributed by atoms with E-state index in [4.69, 9.17) is 4.74 Å². The van der Waals surface area contributed by atoms with E-state index in [0.29, 0.717) is 12.2 Å². The highest BCUT2D eigenvalue weighted by atomic mass is 16.5. The van der Waals surface area contributed by atoms with Gasteiger partial charge in [-0.2, -0.15) is 5.10 Å². The number of anilines is 1. The molecular weight excluding hydrogens is 378 g/mol. The molecule has 6 heteroatoms. The second kappa shape index (κ2) is 13.6. The molecule has 0 saturated heterocycles. The molecule has 0 aliphatic rings. The van der Waals surface area contributed by atoms with Crippen molar-refractivity contribution in [2.45, 2.75) is 78.1 Å². The van der Waals surface area contributed by atoms with Crippen molar-refractivity contribution in [2.75, 3.05) is 11.9 Å². The number of nitrogens with zero attached hydrogens (tertiary/aromatic N) is 2. The van der Waals surface area contributed by atoms with Gasteiger partial charge >= 0.3 is 5.97 Å². The molecule has 0 atom stereocenters. The summed E-state index contributed by atoms with van der Waals surface area (Å²) in [5, 5.41) is 7.18. The smallest absolute Gasteiger partial charge is 0.343 e. The minimum atomic E-state index is -0.488. The lowest BCUT2D eigenvalue weighted by Crippen LogP contribution is -2.17. The second-order valence-electron chi connectivity index (χ2n) is 7.50. The van der Waals surface area contributed by atoms with Crippen LogP contribution in [0.2, 0.25) is 0 Å². The lowest BCUT2D eigenvalue weighted by atomic mass is 10.1. The van der Waals surface area contributed by atoms with Gasteiger partial charge in [0.15, 0.2) is 5.82 Å². The van der Waals surface area contributed by atoms with Crippen molar-refractivity contribution in [1.82, 2.24) is 9.78 Å². The molecule has 0 bridgehead atoms. The molecule has 2 aromatic rings. The van der Waals surface area contributed by atoms with Crippen molar-refractivity contribution in [3.8, 4) is 5.69 Å². The molecule has 0 saturated carbocycles. The average Bonchev–Trinajstić information content (AvgIpc) is 3.17. The Morgan fingerprint density at radius 1 is 0.933 bits per heavy atom. The summed E-state index contributed by atoms with van der Waals surface area (Å²) in [5.41, 5.74) is 1.03. The molecule has 0 radical (unpaired) electrons. The van der Waals surface area contributed by atoms with Crippen LogP contribution < -0.4 is 5.32 Å². The van der Waals surface area contributed by atoms with Crippen LogP contribution in [0.4, 0.5) is 5.82 Å². The monoisotopic (exact) mass is 413 g/mol. The first-order valence-corrected chi connectivity index (χ1v) is 11.3. The zero-order valence-corrected chi connectivity index (χ0v) is 18.4. The number of amides is 1. The van der Waals surface area contributed by atoms with Crippen molar-refractivity contribution >= 4 is 17.7 Å². The number of esters is 1. The van der Waals surface area contributed by atoms with Gasteiger partial charge in [-0.25, -0.2) is 9.48 Å². The number of carbonyl (C=O) groups is 2. The van der Waals surface area contributed by atoms with Crippen molar-refractivity contribution in [2.24, 2.45) is 0 Å². The summed E-state index contributed by atoms with van der Waals surface area (Å²) in [6, 6.07) is 9.42. The highest BCUT2D eigenvalue weighted by molar-refractivity contribution is 6.00. The summed E-state index contributed by atoms with van der Waals surface area (Å²) in [6.45, 7) is 4.25. The van der Waals surface area contributed by atoms with E-state index in [9.17, 15) is 9.59 Å². The van der Waals surface area contributed by atoms with Crippen LogP contribution >= 0.6 is 0 Å². The zero-order valence-electron chi connectivity index (χ0n) is 18.4. The van der Waals surface area contributed by atoms with Crippen LogP contribution in [0.3, 0.4) is 0 Å². The molecule has 0 aliphatic heterocycles. The van der Waals surface area contributed by atoms with Gasteiger partial charge in [0.05, 0.1) is 18.5 Å². The Morgan fingerprint density at radius 3 is 2.20 bits per heavy atom. The number of carbonyl (C=O) groups excluding carboxylic acids is 2. The number of para-hydroxylation sites is 1. The molecule has 1 amide bonds. The molecular formula is C24H35N3O3. The third-order valence-electron chi connectivity index (χ3n) is 5.03. The molecule has 1 N–H and O–H groups in total. The van der Waals surface area contributed by atoms with Crippen LogP contribution in [0.25, 0.3) is 5.69 Å². The minimum Gasteiger partial charge on any atom is -0.462 e. The van der Waals surface area contributed by atoms with Crippen LogP contribution in [-0.4, -0.2) is 28.3 Å². The van der Waals surface area contributed by atoms with Gasteiger partial charge in [0.2, 0.25) is 5.91 Å². The highest BCUT2D eigenvalue weighted by Crippen LogP contribution is 2.22. The minimum absolute atomic E-state index is 0.110. The summed E-state index contributed by atoms with van der Waals surface area (Å²) in [6.07, 6.45) is 12.7. The Labute approximate surface area is 180 Å². The summed E-state index contributed by atoms with van der Waals surface area (Å²) in [5.74, 6) is -0.236. The van der Waals surface area contributed by atoms with E-state index in [2.05, 4.69) is 17.3 Å². The van der Waals surface area contributed by atoms with Crippen molar-refractivity contribution in [1.29, 1.82) is 0 Å². The van der Waals surface area contributed by atoms with Gasteiger partial charge in [-0.05, 0) is 25.5 Å². The normalized spacial score (nSPS) is 10.7. The maximum atomic E-state index is 12.5. The standard InChI is InChI=1S/C24H35N3O3/c1-3-5-6-7-8-9-10-11-15-18-22(28)26-23-21(24(29)30-4-2)19-25-27(23)20-16-13-12-14-17-20/h12-14,16-17,19H,3-11,15,18H2,1-2H3,(H,26,28). The SMILES string of the molecule is CCCCCCCCCCCC(=O)Nc1c(C(=O)OCC)cnn1-c1ccccc1. The number of hydrogen-bond acceptors (Lipinski definition) is 4. The summed E-state index contributed by atoms with van der Waals surface area (Å²) >= 11 is 0. The van der Waals surface area contributed by atoms with Gasteiger partial charge in [-0.15, -0.1) is 0 Å². The van der Waals surface area contributed by atoms with E-state index in [1.807, 2.05) is 30.3 Å². The highest BCUT2D eigenvalue weighted by Gasteiger charge is 2.21. The largest absolute Gasteiger partial charge is 0.462 e. The number of nitrogens with one attached hydrogen (secondary N) is 1. The first-order chi connectivity index (χ1) is 14.7. The Balaban J connectivity index is 1.88. The molecule has 1 aromatic carbocycles. The zero-order chi connectivity index (χ0) is 21.6. The summed E-state index contributed by atoms with van der Waals surface area (Å²) in [4.78, 5) is 24.8. The van der Waals surface area contributed by atoms with E-state index in [1.165, 1.54) is 44.7 Å². The maximum absolute atomic E-state index is 12.5. The van der Waals surface area contributed by atoms with Crippen LogP contribution in [-0.2, 0) is 9.53 Å². The Bertz CT molecular complexity index is 771. The maximum Gasteiger partial charge on any atom is 0.343 e. The molecule has 0 spiro atoms. The first-order valence-electron chi connectivity index (χ1n) is 11.3. The van der Waals surface area contributed by atoms with E-state index >= 15 is 0 Å². The van der Waals surface area contributed by atoms with E-state index in [1.54, 1.807) is 11.6 Å². The third kappa shape index (κ3) is 7.65. The number of unbranched alkanes of at least 4 members (excludes halogenated alkanes) is 8. The molecule has 0 unspecified atom stereocenters. The van der Waals surface area contributed by atoms with Crippen LogP contribution in [0.15, 0.2) is 36.5 Å². The van der Waals surface area contributed by atoms with Gasteiger partial charge < -0.3 is 10.1 Å². The van der Waals surface area contributed by atoms with Gasteiger partial charge in [0.1, 0.15) is 5.56 Å². The summed E-state index contributed by atoms with van der Waals surface area (Å²) in [7, 11) is 0. The molecule has 1 heterocycles. The van der Waals surface area contributed by atoms with Gasteiger partial charge in [0, 0.05) is 6.42 Å². The number of aromatic nitrogens is 2. The third-order valence-corrected chi connectivity index (χ3v) is 5.03. The van der Waals surface area contributed by atoms with Gasteiger partial charge in [-0.1, -0.05) is 76.5 Å². The first kappa shape index (κ1) is 23.6. The Kier molecular flexibility index (Phi) is 10.7. The molecule has 0 aliphatic carbocycles. The molecule has 30 heavy (non-hydrogen) atoms. The van der Waals surface area contributed by atoms with E-state index in [0.717, 1.165) is 24.9 Å². The quantitative estimate of drug-likeness (QED) is 0.309. The second-order valence-corrected chi connectivity index (χ2v) is 7.50. The molecule has 2 rings (SSSR count). The van der Waals surface area contributed by atoms with Crippen molar-refractivity contribution < 1.29 is 14.3 Å². The van der Waals surface area contributed by atoms with E-state index < -0.39 is 5.97 Å². The summed E-state index contributed by atoms with van der Waals surface area (Å²) < 4.78 is 6.69. The van der Waals surface area contributed by atoms with Crippen molar-refractivity contribution in [3.63, 3.8) is 0 Å². The molecule has 6 nitrogen and oxygen atoms in total.